The molecule has 26 heavy (non-hydrogen) atoms. The van der Waals surface area contributed by atoms with E-state index >= 15 is 0 Å². The highest BCUT2D eigenvalue weighted by molar-refractivity contribution is 7.21. The lowest BCUT2D eigenvalue weighted by Crippen LogP contribution is -2.09. The number of hydrogen-bond acceptors (Lipinski definition) is 5. The molecule has 132 valence electrons. The molecule has 1 aromatic carbocycles. The van der Waals surface area contributed by atoms with Crippen LogP contribution in [0.3, 0.4) is 0 Å². The van der Waals surface area contributed by atoms with E-state index in [2.05, 4.69) is 20.3 Å². The standard InChI is InChI=1S/C18H17N5O2S/c1-11(24)20-18-22-15-9-8-14(21-17(15)26-18)12-4-6-13(7-5-12)16(25)19-10-23(2)3/h4-10H,1-3H3,(H,20,22,24)/b19-10+. The van der Waals surface area contributed by atoms with Gasteiger partial charge in [0, 0.05) is 32.1 Å². The van der Waals surface area contributed by atoms with Crippen LogP contribution >= 0.6 is 11.3 Å². The zero-order chi connectivity index (χ0) is 18.7. The summed E-state index contributed by atoms with van der Waals surface area (Å²) in [5.41, 5.74) is 2.90. The van der Waals surface area contributed by atoms with Crippen molar-refractivity contribution in [3.05, 3.63) is 42.0 Å². The number of nitrogens with zero attached hydrogens (tertiary/aromatic N) is 4. The van der Waals surface area contributed by atoms with Gasteiger partial charge >= 0.3 is 0 Å². The van der Waals surface area contributed by atoms with Gasteiger partial charge in [-0.2, -0.15) is 4.99 Å². The number of anilines is 1. The van der Waals surface area contributed by atoms with Crippen LogP contribution in [0, 0.1) is 0 Å². The summed E-state index contributed by atoms with van der Waals surface area (Å²) in [4.78, 5) is 38.3. The predicted molar refractivity (Wildman–Crippen MR) is 104 cm³/mol. The monoisotopic (exact) mass is 367 g/mol. The van der Waals surface area contributed by atoms with Crippen molar-refractivity contribution in [3.63, 3.8) is 0 Å². The molecule has 0 spiro atoms. The number of carbonyl (C=O) groups is 2. The molecule has 0 saturated carbocycles. The average molecular weight is 367 g/mol. The Labute approximate surface area is 154 Å². The van der Waals surface area contributed by atoms with Crippen LogP contribution < -0.4 is 5.32 Å². The second-order valence-electron chi connectivity index (χ2n) is 5.81. The Morgan fingerprint density at radius 1 is 1.12 bits per heavy atom. The lowest BCUT2D eigenvalue weighted by Gasteiger charge is -2.03. The molecule has 0 bridgehead atoms. The Kier molecular flexibility index (Phi) is 5.04. The highest BCUT2D eigenvalue weighted by Gasteiger charge is 2.09. The van der Waals surface area contributed by atoms with Gasteiger partial charge in [-0.1, -0.05) is 23.5 Å². The van der Waals surface area contributed by atoms with Crippen LogP contribution in [-0.2, 0) is 4.79 Å². The number of fused-ring (bicyclic) bond motifs is 1. The van der Waals surface area contributed by atoms with Crippen LogP contribution in [0.5, 0.6) is 0 Å². The minimum Gasteiger partial charge on any atom is -0.369 e. The molecule has 0 saturated heterocycles. The zero-order valence-corrected chi connectivity index (χ0v) is 15.4. The van der Waals surface area contributed by atoms with Crippen molar-refractivity contribution in [1.82, 2.24) is 14.9 Å². The summed E-state index contributed by atoms with van der Waals surface area (Å²) < 4.78 is 0. The summed E-state index contributed by atoms with van der Waals surface area (Å²) in [5.74, 6) is -0.461. The van der Waals surface area contributed by atoms with Gasteiger partial charge in [0.1, 0.15) is 10.3 Å². The molecule has 0 atom stereocenters. The van der Waals surface area contributed by atoms with E-state index in [9.17, 15) is 9.59 Å². The van der Waals surface area contributed by atoms with E-state index in [4.69, 9.17) is 0 Å². The third-order valence-electron chi connectivity index (χ3n) is 3.37. The number of hydrogen-bond donors (Lipinski definition) is 1. The molecule has 0 radical (unpaired) electrons. The number of aliphatic imine (C=N–C) groups is 1. The maximum atomic E-state index is 12.0. The Hall–Kier alpha value is -3.13. The molecule has 0 fully saturated rings. The number of benzene rings is 1. The largest absolute Gasteiger partial charge is 0.369 e. The summed E-state index contributed by atoms with van der Waals surface area (Å²) in [6, 6.07) is 10.9. The first-order chi connectivity index (χ1) is 12.4. The van der Waals surface area contributed by atoms with Crippen molar-refractivity contribution < 1.29 is 9.59 Å². The topological polar surface area (TPSA) is 87.5 Å². The van der Waals surface area contributed by atoms with E-state index < -0.39 is 0 Å². The number of rotatable bonds is 4. The molecule has 8 heteroatoms. The Morgan fingerprint density at radius 3 is 2.50 bits per heavy atom. The van der Waals surface area contributed by atoms with Crippen LogP contribution in [0.1, 0.15) is 17.3 Å². The van der Waals surface area contributed by atoms with Crippen molar-refractivity contribution in [2.45, 2.75) is 6.92 Å². The van der Waals surface area contributed by atoms with Gasteiger partial charge in [-0.25, -0.2) is 9.97 Å². The first-order valence-electron chi connectivity index (χ1n) is 7.83. The second-order valence-corrected chi connectivity index (χ2v) is 6.79. The van der Waals surface area contributed by atoms with Gasteiger partial charge in [0.2, 0.25) is 5.91 Å². The van der Waals surface area contributed by atoms with Crippen molar-refractivity contribution in [2.75, 3.05) is 19.4 Å². The van der Waals surface area contributed by atoms with Gasteiger partial charge in [-0.3, -0.25) is 9.59 Å². The van der Waals surface area contributed by atoms with Gasteiger partial charge in [0.25, 0.3) is 5.91 Å². The van der Waals surface area contributed by atoms with Gasteiger partial charge in [0.15, 0.2) is 5.13 Å². The van der Waals surface area contributed by atoms with Crippen LogP contribution in [-0.4, -0.2) is 47.1 Å². The van der Waals surface area contributed by atoms with E-state index in [1.165, 1.54) is 24.6 Å². The number of thiazole rings is 1. The number of nitrogens with one attached hydrogen (secondary N) is 1. The molecule has 0 aliphatic heterocycles. The smallest absolute Gasteiger partial charge is 0.278 e. The Bertz CT molecular complexity index is 992. The van der Waals surface area contributed by atoms with E-state index in [-0.39, 0.29) is 11.8 Å². The molecular formula is C18H17N5O2S. The molecule has 3 rings (SSSR count). The molecule has 0 aliphatic carbocycles. The van der Waals surface area contributed by atoms with Crippen molar-refractivity contribution >= 4 is 45.0 Å². The molecule has 0 unspecified atom stereocenters. The predicted octanol–water partition coefficient (Wildman–Crippen LogP) is 3.05. The molecule has 3 aromatic rings. The van der Waals surface area contributed by atoms with Gasteiger partial charge in [0.05, 0.1) is 12.0 Å². The highest BCUT2D eigenvalue weighted by Crippen LogP contribution is 2.27. The quantitative estimate of drug-likeness (QED) is 0.566. The fourth-order valence-electron chi connectivity index (χ4n) is 2.21. The summed E-state index contributed by atoms with van der Waals surface area (Å²) in [5, 5.41) is 3.19. The van der Waals surface area contributed by atoms with E-state index in [1.54, 1.807) is 31.1 Å². The highest BCUT2D eigenvalue weighted by atomic mass is 32.1. The third kappa shape index (κ3) is 4.09. The van der Waals surface area contributed by atoms with Crippen LogP contribution in [0.15, 0.2) is 41.4 Å². The number of aromatic nitrogens is 2. The summed E-state index contributed by atoms with van der Waals surface area (Å²) >= 11 is 1.32. The van der Waals surface area contributed by atoms with Gasteiger partial charge in [-0.05, 0) is 24.3 Å². The van der Waals surface area contributed by atoms with E-state index in [0.717, 1.165) is 21.6 Å². The summed E-state index contributed by atoms with van der Waals surface area (Å²) in [7, 11) is 3.61. The summed E-state index contributed by atoms with van der Waals surface area (Å²) in [6.45, 7) is 1.44. The normalized spacial score (nSPS) is 11.0. The number of pyridine rings is 1. The second kappa shape index (κ2) is 7.40. The van der Waals surface area contributed by atoms with Crippen molar-refractivity contribution in [2.24, 2.45) is 4.99 Å². The third-order valence-corrected chi connectivity index (χ3v) is 4.25. The Morgan fingerprint density at radius 2 is 1.85 bits per heavy atom. The minimum atomic E-state index is -0.295. The van der Waals surface area contributed by atoms with Gasteiger partial charge < -0.3 is 10.2 Å². The lowest BCUT2D eigenvalue weighted by molar-refractivity contribution is -0.114. The minimum absolute atomic E-state index is 0.165. The maximum absolute atomic E-state index is 12.0. The van der Waals surface area contributed by atoms with E-state index in [0.29, 0.717) is 10.7 Å². The first-order valence-corrected chi connectivity index (χ1v) is 8.64. The fraction of sp³-hybridized carbons (Fsp3) is 0.167. The van der Waals surface area contributed by atoms with Crippen LogP contribution in [0.4, 0.5) is 5.13 Å². The molecule has 7 nitrogen and oxygen atoms in total. The lowest BCUT2D eigenvalue weighted by atomic mass is 10.1. The molecule has 2 heterocycles. The fourth-order valence-corrected chi connectivity index (χ4v) is 3.09. The summed E-state index contributed by atoms with van der Waals surface area (Å²) in [6.07, 6.45) is 1.47. The van der Waals surface area contributed by atoms with E-state index in [1.807, 2.05) is 24.3 Å². The molecule has 0 aliphatic rings. The van der Waals surface area contributed by atoms with Crippen molar-refractivity contribution in [1.29, 1.82) is 0 Å². The maximum Gasteiger partial charge on any atom is 0.278 e. The van der Waals surface area contributed by atoms with Crippen molar-refractivity contribution in [3.8, 4) is 11.3 Å². The molecule has 2 aromatic heterocycles. The van der Waals surface area contributed by atoms with Gasteiger partial charge in [-0.15, -0.1) is 0 Å². The zero-order valence-electron chi connectivity index (χ0n) is 14.6. The number of carbonyl (C=O) groups excluding carboxylic acids is 2. The number of amides is 2. The average Bonchev–Trinajstić information content (AvgIpc) is 3.00. The van der Waals surface area contributed by atoms with Crippen LogP contribution in [0.2, 0.25) is 0 Å². The van der Waals surface area contributed by atoms with Crippen LogP contribution in [0.25, 0.3) is 21.6 Å². The molecular weight excluding hydrogens is 350 g/mol. The SMILES string of the molecule is CC(=O)Nc1nc2ccc(-c3ccc(C(=O)/N=C/N(C)C)cc3)nc2s1. The Balaban J connectivity index is 1.84. The first kappa shape index (κ1) is 17.7. The molecule has 1 N–H and O–H groups in total. The molecule has 2 amide bonds.